The van der Waals surface area contributed by atoms with E-state index in [9.17, 15) is 4.79 Å². The Labute approximate surface area is 156 Å². The zero-order valence-corrected chi connectivity index (χ0v) is 16.5. The average molecular weight is 377 g/mol. The summed E-state index contributed by atoms with van der Waals surface area (Å²) < 4.78 is 0. The topological polar surface area (TPSA) is 49.3 Å². The normalized spacial score (nSPS) is 19.1. The molecule has 0 N–H and O–H groups in total. The van der Waals surface area contributed by atoms with Gasteiger partial charge in [-0.3, -0.25) is 4.79 Å². The Morgan fingerprint density at radius 2 is 1.92 bits per heavy atom. The van der Waals surface area contributed by atoms with Gasteiger partial charge in [-0.05, 0) is 43.9 Å². The Morgan fingerprint density at radius 1 is 1.20 bits per heavy atom. The lowest BCUT2D eigenvalue weighted by molar-refractivity contribution is 0.0702. The Bertz CT molecular complexity index is 777. The Hall–Kier alpha value is -1.34. The van der Waals surface area contributed by atoms with Gasteiger partial charge in [0, 0.05) is 26.2 Å². The van der Waals surface area contributed by atoms with E-state index in [4.69, 9.17) is 4.98 Å². The number of amides is 1. The van der Waals surface area contributed by atoms with Crippen molar-refractivity contribution < 1.29 is 4.79 Å². The van der Waals surface area contributed by atoms with E-state index in [-0.39, 0.29) is 5.91 Å². The predicted octanol–water partition coefficient (Wildman–Crippen LogP) is 3.89. The summed E-state index contributed by atoms with van der Waals surface area (Å²) in [5, 5.41) is 1.83. The SMILES string of the molecule is CSc1nc(N2CCCC2)c2cc(C(=O)N3CCC(C)CC3)sc2n1. The van der Waals surface area contributed by atoms with E-state index in [0.717, 1.165) is 71.0 Å². The van der Waals surface area contributed by atoms with Crippen LogP contribution in [0.5, 0.6) is 0 Å². The van der Waals surface area contributed by atoms with Gasteiger partial charge in [0.25, 0.3) is 5.91 Å². The number of rotatable bonds is 3. The molecule has 134 valence electrons. The first kappa shape index (κ1) is 17.1. The van der Waals surface area contributed by atoms with Crippen LogP contribution >= 0.6 is 23.1 Å². The third kappa shape index (κ3) is 3.36. The van der Waals surface area contributed by atoms with Crippen LogP contribution in [0.3, 0.4) is 0 Å². The van der Waals surface area contributed by atoms with Gasteiger partial charge in [-0.1, -0.05) is 18.7 Å². The van der Waals surface area contributed by atoms with E-state index in [0.29, 0.717) is 0 Å². The zero-order chi connectivity index (χ0) is 17.4. The molecule has 0 atom stereocenters. The van der Waals surface area contributed by atoms with Gasteiger partial charge in [0.2, 0.25) is 0 Å². The summed E-state index contributed by atoms with van der Waals surface area (Å²) in [6.07, 6.45) is 6.63. The number of carbonyl (C=O) groups is 1. The highest BCUT2D eigenvalue weighted by Gasteiger charge is 2.25. The Balaban J connectivity index is 1.69. The molecule has 2 saturated heterocycles. The van der Waals surface area contributed by atoms with Gasteiger partial charge in [0.15, 0.2) is 5.16 Å². The Kier molecular flexibility index (Phi) is 4.86. The van der Waals surface area contributed by atoms with E-state index >= 15 is 0 Å². The van der Waals surface area contributed by atoms with E-state index in [1.54, 1.807) is 11.8 Å². The number of anilines is 1. The second-order valence-corrected chi connectivity index (χ2v) is 8.84. The van der Waals surface area contributed by atoms with Crippen LogP contribution in [0.2, 0.25) is 0 Å². The summed E-state index contributed by atoms with van der Waals surface area (Å²) in [5.74, 6) is 1.89. The number of hydrogen-bond acceptors (Lipinski definition) is 6. The minimum atomic E-state index is 0.160. The predicted molar refractivity (Wildman–Crippen MR) is 105 cm³/mol. The molecule has 2 aliphatic rings. The molecule has 5 nitrogen and oxygen atoms in total. The largest absolute Gasteiger partial charge is 0.356 e. The van der Waals surface area contributed by atoms with Crippen molar-refractivity contribution in [1.82, 2.24) is 14.9 Å². The van der Waals surface area contributed by atoms with Gasteiger partial charge in [-0.25, -0.2) is 9.97 Å². The van der Waals surface area contributed by atoms with Crippen molar-refractivity contribution in [2.75, 3.05) is 37.3 Å². The summed E-state index contributed by atoms with van der Waals surface area (Å²) >= 11 is 3.08. The van der Waals surface area contributed by atoms with Crippen LogP contribution in [0.15, 0.2) is 11.2 Å². The van der Waals surface area contributed by atoms with Crippen LogP contribution in [0, 0.1) is 5.92 Å². The van der Waals surface area contributed by atoms with Gasteiger partial charge in [0.05, 0.1) is 10.3 Å². The lowest BCUT2D eigenvalue weighted by atomic mass is 9.99. The third-order valence-corrected chi connectivity index (χ3v) is 6.79. The smallest absolute Gasteiger partial charge is 0.264 e. The van der Waals surface area contributed by atoms with Crippen LogP contribution in [0.25, 0.3) is 10.2 Å². The van der Waals surface area contributed by atoms with Crippen LogP contribution in [0.1, 0.15) is 42.3 Å². The number of piperidine rings is 1. The molecule has 4 heterocycles. The van der Waals surface area contributed by atoms with Crippen LogP contribution < -0.4 is 4.90 Å². The molecule has 4 rings (SSSR count). The summed E-state index contributed by atoms with van der Waals surface area (Å²) in [7, 11) is 0. The van der Waals surface area contributed by atoms with Crippen molar-refractivity contribution in [2.24, 2.45) is 5.92 Å². The quantitative estimate of drug-likeness (QED) is 0.601. The molecule has 2 fully saturated rings. The third-order valence-electron chi connectivity index (χ3n) is 5.22. The molecule has 2 aliphatic heterocycles. The number of nitrogens with zero attached hydrogens (tertiary/aromatic N) is 4. The van der Waals surface area contributed by atoms with Crippen molar-refractivity contribution in [2.45, 2.75) is 37.8 Å². The summed E-state index contributed by atoms with van der Waals surface area (Å²) in [6, 6.07) is 2.03. The van der Waals surface area contributed by atoms with Crippen LogP contribution in [-0.4, -0.2) is 53.2 Å². The minimum absolute atomic E-state index is 0.160. The molecular weight excluding hydrogens is 352 g/mol. The number of likely N-dealkylation sites (tertiary alicyclic amines) is 1. The van der Waals surface area contributed by atoms with Crippen LogP contribution in [-0.2, 0) is 0 Å². The monoisotopic (exact) mass is 376 g/mol. The fourth-order valence-corrected chi connectivity index (χ4v) is 5.03. The molecule has 0 aliphatic carbocycles. The van der Waals surface area contributed by atoms with Gasteiger partial charge in [-0.2, -0.15) is 0 Å². The van der Waals surface area contributed by atoms with E-state index in [2.05, 4.69) is 16.8 Å². The molecule has 0 unspecified atom stereocenters. The zero-order valence-electron chi connectivity index (χ0n) is 14.8. The maximum Gasteiger partial charge on any atom is 0.264 e. The number of aromatic nitrogens is 2. The maximum absolute atomic E-state index is 12.9. The maximum atomic E-state index is 12.9. The highest BCUT2D eigenvalue weighted by molar-refractivity contribution is 7.98. The van der Waals surface area contributed by atoms with Crippen molar-refractivity contribution >= 4 is 45.0 Å². The Morgan fingerprint density at radius 3 is 2.60 bits per heavy atom. The van der Waals surface area contributed by atoms with Gasteiger partial charge in [-0.15, -0.1) is 11.3 Å². The number of hydrogen-bond donors (Lipinski definition) is 0. The van der Waals surface area contributed by atoms with E-state index in [1.807, 2.05) is 17.2 Å². The highest BCUT2D eigenvalue weighted by atomic mass is 32.2. The molecule has 0 spiro atoms. The van der Waals surface area contributed by atoms with Gasteiger partial charge >= 0.3 is 0 Å². The van der Waals surface area contributed by atoms with E-state index < -0.39 is 0 Å². The van der Waals surface area contributed by atoms with Crippen molar-refractivity contribution in [1.29, 1.82) is 0 Å². The van der Waals surface area contributed by atoms with Gasteiger partial charge in [0.1, 0.15) is 10.6 Å². The molecule has 7 heteroatoms. The molecular formula is C18H24N4OS2. The first-order valence-electron chi connectivity index (χ1n) is 9.05. The second-order valence-electron chi connectivity index (χ2n) is 7.03. The van der Waals surface area contributed by atoms with Crippen molar-refractivity contribution in [3.05, 3.63) is 10.9 Å². The molecule has 0 radical (unpaired) electrons. The molecule has 2 aromatic heterocycles. The second kappa shape index (κ2) is 7.11. The lowest BCUT2D eigenvalue weighted by Crippen LogP contribution is -2.37. The molecule has 1 amide bonds. The summed E-state index contributed by atoms with van der Waals surface area (Å²) in [5.41, 5.74) is 0. The first-order valence-corrected chi connectivity index (χ1v) is 11.1. The number of carbonyl (C=O) groups excluding carboxylic acids is 1. The molecule has 25 heavy (non-hydrogen) atoms. The standard InChI is InChI=1S/C18H24N4OS2/c1-12-5-9-22(10-6-12)17(23)14-11-13-15(21-7-3-4-8-21)19-18(24-2)20-16(13)25-14/h11-12H,3-10H2,1-2H3. The molecule has 2 aromatic rings. The number of thioether (sulfide) groups is 1. The minimum Gasteiger partial charge on any atom is -0.356 e. The molecule has 0 aromatic carbocycles. The number of thiophene rings is 1. The molecule has 0 saturated carbocycles. The summed E-state index contributed by atoms with van der Waals surface area (Å²) in [4.78, 5) is 28.4. The highest BCUT2D eigenvalue weighted by Crippen LogP contribution is 2.35. The van der Waals surface area contributed by atoms with E-state index in [1.165, 1.54) is 24.2 Å². The van der Waals surface area contributed by atoms with Crippen LogP contribution in [0.4, 0.5) is 5.82 Å². The summed E-state index contributed by atoms with van der Waals surface area (Å²) in [6.45, 7) is 6.10. The molecule has 0 bridgehead atoms. The average Bonchev–Trinajstić information content (AvgIpc) is 3.30. The lowest BCUT2D eigenvalue weighted by Gasteiger charge is -2.29. The fourth-order valence-electron chi connectivity index (χ4n) is 3.62. The fraction of sp³-hybridized carbons (Fsp3) is 0.611. The van der Waals surface area contributed by atoms with Crippen molar-refractivity contribution in [3.8, 4) is 0 Å². The first-order chi connectivity index (χ1) is 12.2. The van der Waals surface area contributed by atoms with Gasteiger partial charge < -0.3 is 9.80 Å². The number of fused-ring (bicyclic) bond motifs is 1. The van der Waals surface area contributed by atoms with Crippen molar-refractivity contribution in [3.63, 3.8) is 0 Å².